The van der Waals surface area contributed by atoms with Crippen molar-refractivity contribution < 1.29 is 9.59 Å². The number of ketones is 1. The molecule has 0 radical (unpaired) electrons. The summed E-state index contributed by atoms with van der Waals surface area (Å²) < 4.78 is 0.230. The van der Waals surface area contributed by atoms with E-state index in [9.17, 15) is 9.59 Å². The van der Waals surface area contributed by atoms with Crippen molar-refractivity contribution in [3.05, 3.63) is 9.47 Å². The fourth-order valence-corrected chi connectivity index (χ4v) is 1.10. The monoisotopic (exact) mass is 332 g/mol. The van der Waals surface area contributed by atoms with Gasteiger partial charge in [-0.05, 0) is 47.8 Å². The van der Waals surface area contributed by atoms with E-state index < -0.39 is 0 Å². The van der Waals surface area contributed by atoms with E-state index in [2.05, 4.69) is 47.8 Å². The second-order valence-corrected chi connectivity index (χ2v) is 5.09. The first kappa shape index (κ1) is 10.5. The fourth-order valence-electron chi connectivity index (χ4n) is 0.310. The third kappa shape index (κ3) is 6.64. The van der Waals surface area contributed by atoms with Crippen LogP contribution >= 0.6 is 47.8 Å². The normalized spacial score (nSPS) is 8.70. The quantitative estimate of drug-likeness (QED) is 0.451. The van der Waals surface area contributed by atoms with Crippen LogP contribution in [0.4, 0.5) is 0 Å². The van der Waals surface area contributed by atoms with Crippen LogP contribution in [0.1, 0.15) is 6.42 Å². The maximum Gasteiger partial charge on any atom is 0.205 e. The van der Waals surface area contributed by atoms with E-state index in [-0.39, 0.29) is 16.9 Å². The zero-order valence-corrected chi connectivity index (χ0v) is 9.49. The van der Waals surface area contributed by atoms with Crippen molar-refractivity contribution >= 4 is 58.3 Å². The average molecular weight is 335 g/mol. The SMILES string of the molecule is O=C(Br)CC(=O)C=C(Br)Br. The molecule has 0 aliphatic rings. The zero-order valence-electron chi connectivity index (χ0n) is 4.73. The van der Waals surface area contributed by atoms with Crippen LogP contribution in [0, 0.1) is 0 Å². The number of halogens is 3. The molecule has 0 aliphatic carbocycles. The zero-order chi connectivity index (χ0) is 8.15. The highest BCUT2D eigenvalue weighted by atomic mass is 79.9. The van der Waals surface area contributed by atoms with Gasteiger partial charge in [-0.2, -0.15) is 0 Å². The molecule has 0 aromatic rings. The molecule has 0 atom stereocenters. The molecule has 56 valence electrons. The van der Waals surface area contributed by atoms with Crippen molar-refractivity contribution in [1.82, 2.24) is 0 Å². The molecular formula is C5H3Br3O2. The number of allylic oxidation sites excluding steroid dienone is 1. The lowest BCUT2D eigenvalue weighted by molar-refractivity contribution is -0.119. The van der Waals surface area contributed by atoms with Crippen molar-refractivity contribution in [1.29, 1.82) is 0 Å². The highest BCUT2D eigenvalue weighted by molar-refractivity contribution is 9.28. The predicted octanol–water partition coefficient (Wildman–Crippen LogP) is 2.50. The molecule has 0 unspecified atom stereocenters. The van der Waals surface area contributed by atoms with Crippen LogP contribution in [0.15, 0.2) is 9.47 Å². The van der Waals surface area contributed by atoms with Crippen molar-refractivity contribution in [2.75, 3.05) is 0 Å². The summed E-state index contributed by atoms with van der Waals surface area (Å²) in [5.41, 5.74) is 0. The molecule has 5 heteroatoms. The number of rotatable bonds is 3. The van der Waals surface area contributed by atoms with Gasteiger partial charge in [0.2, 0.25) is 4.69 Å². The van der Waals surface area contributed by atoms with Gasteiger partial charge in [0.1, 0.15) is 0 Å². The van der Waals surface area contributed by atoms with Crippen LogP contribution in [0.2, 0.25) is 0 Å². The first-order valence-corrected chi connectivity index (χ1v) is 4.64. The molecule has 0 saturated heterocycles. The Morgan fingerprint density at radius 2 is 1.70 bits per heavy atom. The van der Waals surface area contributed by atoms with E-state index >= 15 is 0 Å². The summed E-state index contributed by atoms with van der Waals surface area (Å²) in [6.07, 6.45) is 1.18. The number of carbonyl (C=O) groups excluding carboxylic acids is 2. The molecule has 0 spiro atoms. The van der Waals surface area contributed by atoms with Gasteiger partial charge in [0.25, 0.3) is 0 Å². The molecular weight excluding hydrogens is 332 g/mol. The highest BCUT2D eigenvalue weighted by Gasteiger charge is 2.02. The molecule has 2 nitrogen and oxygen atoms in total. The first-order chi connectivity index (χ1) is 4.52. The van der Waals surface area contributed by atoms with Crippen LogP contribution in [-0.2, 0) is 9.59 Å². The van der Waals surface area contributed by atoms with Gasteiger partial charge in [0.05, 0.1) is 9.81 Å². The largest absolute Gasteiger partial charge is 0.294 e. The summed E-state index contributed by atoms with van der Waals surface area (Å²) in [6.45, 7) is 0. The van der Waals surface area contributed by atoms with E-state index in [4.69, 9.17) is 0 Å². The third-order valence-corrected chi connectivity index (χ3v) is 1.32. The first-order valence-electron chi connectivity index (χ1n) is 2.26. The molecule has 0 heterocycles. The summed E-state index contributed by atoms with van der Waals surface area (Å²) in [4.78, 5) is 20.9. The summed E-state index contributed by atoms with van der Waals surface area (Å²) in [6, 6.07) is 0. The maximum atomic E-state index is 10.7. The smallest absolute Gasteiger partial charge is 0.205 e. The standard InChI is InChI=1S/C5H3Br3O2/c6-4(7)1-3(9)2-5(8)10/h1H,2H2. The second-order valence-electron chi connectivity index (χ2n) is 1.43. The van der Waals surface area contributed by atoms with Gasteiger partial charge in [-0.1, -0.05) is 0 Å². The Bertz CT molecular complexity index is 181. The Morgan fingerprint density at radius 1 is 1.20 bits per heavy atom. The van der Waals surface area contributed by atoms with Crippen molar-refractivity contribution in [3.8, 4) is 0 Å². The van der Waals surface area contributed by atoms with Gasteiger partial charge < -0.3 is 0 Å². The lowest BCUT2D eigenvalue weighted by atomic mass is 10.3. The van der Waals surface area contributed by atoms with E-state index in [1.165, 1.54) is 6.08 Å². The van der Waals surface area contributed by atoms with Crippen molar-refractivity contribution in [3.63, 3.8) is 0 Å². The summed E-state index contributed by atoms with van der Waals surface area (Å²) in [7, 11) is 0. The van der Waals surface area contributed by atoms with Gasteiger partial charge >= 0.3 is 0 Å². The van der Waals surface area contributed by atoms with Crippen LogP contribution in [0.25, 0.3) is 0 Å². The summed E-state index contributed by atoms with van der Waals surface area (Å²) in [5, 5.41) is 0. The van der Waals surface area contributed by atoms with Crippen molar-refractivity contribution in [2.24, 2.45) is 0 Å². The Balaban J connectivity index is 3.88. The van der Waals surface area contributed by atoms with Gasteiger partial charge in [-0.15, -0.1) is 0 Å². The molecule has 0 fully saturated rings. The molecule has 0 N–H and O–H groups in total. The number of hydrogen-bond donors (Lipinski definition) is 0. The Kier molecular flexibility index (Phi) is 5.48. The minimum Gasteiger partial charge on any atom is -0.294 e. The molecule has 0 aromatic heterocycles. The lowest BCUT2D eigenvalue weighted by Crippen LogP contribution is -1.97. The van der Waals surface area contributed by atoms with Crippen LogP contribution in [-0.4, -0.2) is 10.5 Å². The van der Waals surface area contributed by atoms with Gasteiger partial charge in [-0.3, -0.25) is 9.59 Å². The van der Waals surface area contributed by atoms with Gasteiger partial charge in [0, 0.05) is 6.08 Å². The Hall–Kier alpha value is 0.520. The topological polar surface area (TPSA) is 34.1 Å². The lowest BCUT2D eigenvalue weighted by Gasteiger charge is -1.86. The minimum atomic E-state index is -0.310. The van der Waals surface area contributed by atoms with Crippen LogP contribution in [0.5, 0.6) is 0 Å². The molecule has 0 aliphatic heterocycles. The van der Waals surface area contributed by atoms with Crippen LogP contribution < -0.4 is 0 Å². The van der Waals surface area contributed by atoms with E-state index in [0.717, 1.165) is 0 Å². The third-order valence-electron chi connectivity index (χ3n) is 0.583. The number of hydrogen-bond acceptors (Lipinski definition) is 2. The fraction of sp³-hybridized carbons (Fsp3) is 0.200. The molecule has 0 amide bonds. The molecule has 0 bridgehead atoms. The Morgan fingerprint density at radius 3 is 2.00 bits per heavy atom. The van der Waals surface area contributed by atoms with Crippen LogP contribution in [0.3, 0.4) is 0 Å². The van der Waals surface area contributed by atoms with E-state index in [0.29, 0.717) is 3.39 Å². The molecule has 10 heavy (non-hydrogen) atoms. The minimum absolute atomic E-state index is 0.110. The molecule has 0 aromatic carbocycles. The van der Waals surface area contributed by atoms with E-state index in [1.54, 1.807) is 0 Å². The molecule has 0 saturated carbocycles. The second kappa shape index (κ2) is 5.21. The highest BCUT2D eigenvalue weighted by Crippen LogP contribution is 2.13. The molecule has 0 rings (SSSR count). The summed E-state index contributed by atoms with van der Waals surface area (Å²) in [5.74, 6) is -0.245. The maximum absolute atomic E-state index is 10.7. The van der Waals surface area contributed by atoms with Gasteiger partial charge in [-0.25, -0.2) is 0 Å². The predicted molar refractivity (Wildman–Crippen MR) is 49.5 cm³/mol. The Labute approximate surface area is 83.4 Å². The summed E-state index contributed by atoms with van der Waals surface area (Å²) >= 11 is 8.64. The van der Waals surface area contributed by atoms with Crippen molar-refractivity contribution in [2.45, 2.75) is 6.42 Å². The van der Waals surface area contributed by atoms with E-state index in [1.807, 2.05) is 0 Å². The van der Waals surface area contributed by atoms with Gasteiger partial charge in [0.15, 0.2) is 5.78 Å². The average Bonchev–Trinajstić information content (AvgIpc) is 1.58. The number of carbonyl (C=O) groups is 2.